The molecule has 1 unspecified atom stereocenters. The second-order valence-corrected chi connectivity index (χ2v) is 11.8. The van der Waals surface area contributed by atoms with Gasteiger partial charge in [0.2, 0.25) is 11.8 Å². The summed E-state index contributed by atoms with van der Waals surface area (Å²) >= 11 is 6.17. The smallest absolute Gasteiger partial charge is 0.264 e. The number of anilines is 1. The number of nitrogens with one attached hydrogen (secondary N) is 1. The molecule has 0 aliphatic heterocycles. The molecule has 0 aliphatic rings. The molecule has 0 spiro atoms. The third kappa shape index (κ3) is 7.74. The van der Waals surface area contributed by atoms with Crippen LogP contribution in [0.4, 0.5) is 5.69 Å². The first-order chi connectivity index (χ1) is 18.4. The van der Waals surface area contributed by atoms with Crippen LogP contribution in [-0.4, -0.2) is 50.9 Å². The summed E-state index contributed by atoms with van der Waals surface area (Å²) in [6, 6.07) is 18.8. The molecule has 2 amide bonds. The van der Waals surface area contributed by atoms with E-state index in [0.717, 1.165) is 9.87 Å². The Morgan fingerprint density at radius 3 is 2.18 bits per heavy atom. The lowest BCUT2D eigenvalue weighted by atomic mass is 10.1. The summed E-state index contributed by atoms with van der Waals surface area (Å²) in [6.07, 6.45) is 0. The Labute approximate surface area is 235 Å². The molecule has 0 heterocycles. The lowest BCUT2D eigenvalue weighted by Crippen LogP contribution is -2.52. The van der Waals surface area contributed by atoms with E-state index in [1.54, 1.807) is 67.6 Å². The summed E-state index contributed by atoms with van der Waals surface area (Å²) in [4.78, 5) is 28.3. The molecule has 1 atom stereocenters. The van der Waals surface area contributed by atoms with Gasteiger partial charge in [0.05, 0.1) is 17.7 Å². The minimum atomic E-state index is -4.14. The van der Waals surface area contributed by atoms with E-state index in [4.69, 9.17) is 16.3 Å². The highest BCUT2D eigenvalue weighted by Gasteiger charge is 2.32. The van der Waals surface area contributed by atoms with Crippen molar-refractivity contribution in [2.45, 2.75) is 51.2 Å². The van der Waals surface area contributed by atoms with Gasteiger partial charge in [0, 0.05) is 17.6 Å². The number of carbonyl (C=O) groups excluding carboxylic acids is 2. The van der Waals surface area contributed by atoms with Gasteiger partial charge >= 0.3 is 0 Å². The van der Waals surface area contributed by atoms with E-state index in [1.165, 1.54) is 24.1 Å². The maximum Gasteiger partial charge on any atom is 0.264 e. The van der Waals surface area contributed by atoms with E-state index in [-0.39, 0.29) is 29.1 Å². The Morgan fingerprint density at radius 1 is 0.974 bits per heavy atom. The highest BCUT2D eigenvalue weighted by molar-refractivity contribution is 7.92. The number of sulfonamides is 1. The Kier molecular flexibility index (Phi) is 9.99. The predicted molar refractivity (Wildman–Crippen MR) is 153 cm³/mol. The number of nitrogens with zero attached hydrogens (tertiary/aromatic N) is 2. The number of ether oxygens (including phenoxy) is 1. The summed E-state index contributed by atoms with van der Waals surface area (Å²) in [5.41, 5.74) is 1.89. The van der Waals surface area contributed by atoms with Gasteiger partial charge in [-0.25, -0.2) is 8.42 Å². The average molecular weight is 572 g/mol. The molecular weight excluding hydrogens is 538 g/mol. The van der Waals surface area contributed by atoms with Crippen molar-refractivity contribution in [3.05, 3.63) is 88.9 Å². The van der Waals surface area contributed by atoms with E-state index in [0.29, 0.717) is 16.3 Å². The highest BCUT2D eigenvalue weighted by Crippen LogP contribution is 2.27. The highest BCUT2D eigenvalue weighted by atomic mass is 35.5. The summed E-state index contributed by atoms with van der Waals surface area (Å²) in [5, 5.41) is 3.32. The lowest BCUT2D eigenvalue weighted by molar-refractivity contribution is -0.139. The number of hydrogen-bond donors (Lipinski definition) is 1. The fourth-order valence-electron chi connectivity index (χ4n) is 3.93. The zero-order valence-corrected chi connectivity index (χ0v) is 24.3. The van der Waals surface area contributed by atoms with Gasteiger partial charge in [0.15, 0.2) is 0 Å². The molecule has 1 N–H and O–H groups in total. The van der Waals surface area contributed by atoms with Gasteiger partial charge in [-0.3, -0.25) is 13.9 Å². The molecule has 3 aromatic rings. The molecule has 0 saturated heterocycles. The molecule has 3 aromatic carbocycles. The van der Waals surface area contributed by atoms with E-state index in [1.807, 2.05) is 20.8 Å². The summed E-state index contributed by atoms with van der Waals surface area (Å²) in [6.45, 7) is 6.67. The second-order valence-electron chi connectivity index (χ2n) is 9.51. The summed E-state index contributed by atoms with van der Waals surface area (Å²) < 4.78 is 33.9. The van der Waals surface area contributed by atoms with Crippen molar-refractivity contribution in [2.75, 3.05) is 18.0 Å². The lowest BCUT2D eigenvalue weighted by Gasteiger charge is -2.32. The van der Waals surface area contributed by atoms with Crippen LogP contribution in [0.3, 0.4) is 0 Å². The quantitative estimate of drug-likeness (QED) is 0.357. The van der Waals surface area contributed by atoms with Crippen LogP contribution < -0.4 is 14.4 Å². The summed E-state index contributed by atoms with van der Waals surface area (Å²) in [7, 11) is -2.63. The maximum absolute atomic E-state index is 13.9. The molecule has 39 heavy (non-hydrogen) atoms. The van der Waals surface area contributed by atoms with Crippen molar-refractivity contribution in [3.63, 3.8) is 0 Å². The van der Waals surface area contributed by atoms with E-state index in [2.05, 4.69) is 5.32 Å². The third-order valence-corrected chi connectivity index (χ3v) is 8.11. The molecule has 0 bridgehead atoms. The Hall–Kier alpha value is -3.56. The van der Waals surface area contributed by atoms with Crippen LogP contribution in [0.15, 0.2) is 77.7 Å². The third-order valence-electron chi connectivity index (χ3n) is 6.09. The first-order valence-corrected chi connectivity index (χ1v) is 14.3. The van der Waals surface area contributed by atoms with E-state index < -0.39 is 28.5 Å². The van der Waals surface area contributed by atoms with E-state index in [9.17, 15) is 18.0 Å². The zero-order valence-electron chi connectivity index (χ0n) is 22.7. The maximum atomic E-state index is 13.9. The number of methoxy groups -OCH3 is 1. The first kappa shape index (κ1) is 30.0. The van der Waals surface area contributed by atoms with Gasteiger partial charge in [-0.15, -0.1) is 0 Å². The molecule has 208 valence electrons. The average Bonchev–Trinajstić information content (AvgIpc) is 2.89. The molecule has 0 fully saturated rings. The van der Waals surface area contributed by atoms with Gasteiger partial charge in [-0.2, -0.15) is 0 Å². The van der Waals surface area contributed by atoms with Gasteiger partial charge in [-0.1, -0.05) is 41.4 Å². The van der Waals surface area contributed by atoms with Crippen LogP contribution in [0.25, 0.3) is 0 Å². The first-order valence-electron chi connectivity index (χ1n) is 12.5. The Balaban J connectivity index is 2.03. The van der Waals surface area contributed by atoms with Gasteiger partial charge < -0.3 is 15.0 Å². The fourth-order valence-corrected chi connectivity index (χ4v) is 5.56. The van der Waals surface area contributed by atoms with Crippen LogP contribution in [0.2, 0.25) is 5.02 Å². The number of amides is 2. The van der Waals surface area contributed by atoms with Crippen molar-refractivity contribution in [2.24, 2.45) is 0 Å². The monoisotopic (exact) mass is 571 g/mol. The standard InChI is InChI=1S/C29H34ClN3O5S/c1-20(2)31-29(35)22(4)32(18-23-7-6-8-24(30)17-23)28(34)19-33(25-11-13-26(38-5)14-12-25)39(36,37)27-15-9-21(3)10-16-27/h6-17,20,22H,18-19H2,1-5H3,(H,31,35). The minimum Gasteiger partial charge on any atom is -0.497 e. The normalized spacial score (nSPS) is 12.1. The van der Waals surface area contributed by atoms with Crippen molar-refractivity contribution in [3.8, 4) is 5.75 Å². The van der Waals surface area contributed by atoms with Crippen molar-refractivity contribution in [1.29, 1.82) is 0 Å². The molecule has 0 aromatic heterocycles. The molecule has 0 aliphatic carbocycles. The molecular formula is C29H34ClN3O5S. The molecule has 8 nitrogen and oxygen atoms in total. The van der Waals surface area contributed by atoms with Crippen LogP contribution in [0.5, 0.6) is 5.75 Å². The number of hydrogen-bond acceptors (Lipinski definition) is 5. The van der Waals surface area contributed by atoms with Gasteiger partial charge in [0.1, 0.15) is 18.3 Å². The number of aryl methyl sites for hydroxylation is 1. The number of halogens is 1. The Bertz CT molecular complexity index is 1390. The summed E-state index contributed by atoms with van der Waals surface area (Å²) in [5.74, 6) is -0.357. The number of benzene rings is 3. The molecule has 3 rings (SSSR count). The molecule has 0 saturated carbocycles. The van der Waals surface area contributed by atoms with E-state index >= 15 is 0 Å². The van der Waals surface area contributed by atoms with Crippen LogP contribution in [-0.2, 0) is 26.2 Å². The largest absolute Gasteiger partial charge is 0.497 e. The van der Waals surface area contributed by atoms with Crippen molar-refractivity contribution in [1.82, 2.24) is 10.2 Å². The van der Waals surface area contributed by atoms with Crippen LogP contribution in [0.1, 0.15) is 31.9 Å². The number of carbonyl (C=O) groups is 2. The van der Waals surface area contributed by atoms with Gasteiger partial charge in [0.25, 0.3) is 10.0 Å². The molecule has 0 radical (unpaired) electrons. The molecule has 10 heteroatoms. The predicted octanol–water partition coefficient (Wildman–Crippen LogP) is 4.79. The topological polar surface area (TPSA) is 96.0 Å². The SMILES string of the molecule is COc1ccc(N(CC(=O)N(Cc2cccc(Cl)c2)C(C)C(=O)NC(C)C)S(=O)(=O)c2ccc(C)cc2)cc1. The Morgan fingerprint density at radius 2 is 1.62 bits per heavy atom. The second kappa shape index (κ2) is 13.0. The van der Waals surface area contributed by atoms with Crippen LogP contribution in [0, 0.1) is 6.92 Å². The van der Waals surface area contributed by atoms with Crippen molar-refractivity contribution < 1.29 is 22.7 Å². The van der Waals surface area contributed by atoms with Crippen molar-refractivity contribution >= 4 is 39.1 Å². The zero-order chi connectivity index (χ0) is 28.7. The number of rotatable bonds is 11. The minimum absolute atomic E-state index is 0.0451. The van der Waals surface area contributed by atoms with Crippen LogP contribution >= 0.6 is 11.6 Å². The fraction of sp³-hybridized carbons (Fsp3) is 0.310. The van der Waals surface area contributed by atoms with Gasteiger partial charge in [-0.05, 0) is 81.8 Å².